The number of amides is 1. The first-order valence-electron chi connectivity index (χ1n) is 10.8. The summed E-state index contributed by atoms with van der Waals surface area (Å²) < 4.78 is 40.2. The van der Waals surface area contributed by atoms with E-state index in [0.717, 1.165) is 46.9 Å². The summed E-state index contributed by atoms with van der Waals surface area (Å²) >= 11 is 0. The maximum absolute atomic E-state index is 13.2. The van der Waals surface area contributed by atoms with Crippen molar-refractivity contribution in [2.75, 3.05) is 4.90 Å². The molecule has 1 saturated heterocycles. The van der Waals surface area contributed by atoms with Crippen LogP contribution >= 0.6 is 0 Å². The minimum atomic E-state index is -4.49. The molecule has 1 aliphatic heterocycles. The molecule has 2 atom stereocenters. The maximum Gasteiger partial charge on any atom is 0.434 e. The van der Waals surface area contributed by atoms with Gasteiger partial charge in [0.05, 0.1) is 35.6 Å². The molecule has 4 aromatic rings. The largest absolute Gasteiger partial charge is 0.434 e. The van der Waals surface area contributed by atoms with E-state index >= 15 is 0 Å². The zero-order valence-corrected chi connectivity index (χ0v) is 17.7. The first-order valence-corrected chi connectivity index (χ1v) is 10.8. The Morgan fingerprint density at radius 1 is 1.06 bits per heavy atom. The first-order chi connectivity index (χ1) is 15.8. The zero-order valence-electron chi connectivity index (χ0n) is 17.7. The molecule has 1 aliphatic carbocycles. The summed E-state index contributed by atoms with van der Waals surface area (Å²) in [5.41, 5.74) is 4.09. The van der Waals surface area contributed by atoms with Crippen molar-refractivity contribution in [3.8, 4) is 5.69 Å². The van der Waals surface area contributed by atoms with Crippen LogP contribution in [0.2, 0.25) is 0 Å². The van der Waals surface area contributed by atoms with Crippen LogP contribution < -0.4 is 4.90 Å². The molecule has 2 aromatic heterocycles. The Balaban J connectivity index is 1.37. The number of carbonyl (C=O) groups excluding carboxylic acids is 1. The smallest absolute Gasteiger partial charge is 0.345 e. The third-order valence-electron chi connectivity index (χ3n) is 6.70. The molecule has 1 N–H and O–H groups in total. The van der Waals surface area contributed by atoms with Crippen molar-refractivity contribution >= 4 is 22.6 Å². The number of carbonyl (C=O) groups is 1. The number of aromatic amines is 1. The van der Waals surface area contributed by atoms with Crippen LogP contribution in [0.3, 0.4) is 0 Å². The second-order valence-corrected chi connectivity index (χ2v) is 8.83. The summed E-state index contributed by atoms with van der Waals surface area (Å²) in [5.74, 6) is 0.426. The van der Waals surface area contributed by atoms with Gasteiger partial charge in [0.2, 0.25) is 5.91 Å². The van der Waals surface area contributed by atoms with Crippen molar-refractivity contribution in [3.63, 3.8) is 0 Å². The number of benzene rings is 2. The van der Waals surface area contributed by atoms with Crippen LogP contribution in [0.15, 0.2) is 55.2 Å². The van der Waals surface area contributed by atoms with Gasteiger partial charge in [0.15, 0.2) is 5.69 Å². The number of hydrogen-bond acceptors (Lipinski definition) is 3. The molecule has 0 spiro atoms. The van der Waals surface area contributed by atoms with Crippen molar-refractivity contribution in [1.82, 2.24) is 19.5 Å². The number of imidazole rings is 2. The summed E-state index contributed by atoms with van der Waals surface area (Å²) in [7, 11) is 0. The Labute approximate surface area is 187 Å². The van der Waals surface area contributed by atoms with Crippen molar-refractivity contribution in [1.29, 1.82) is 0 Å². The second-order valence-electron chi connectivity index (χ2n) is 8.83. The predicted molar refractivity (Wildman–Crippen MR) is 116 cm³/mol. The Kier molecular flexibility index (Phi) is 4.21. The summed E-state index contributed by atoms with van der Waals surface area (Å²) in [6, 6.07) is 11.2. The Morgan fingerprint density at radius 3 is 2.55 bits per heavy atom. The number of hydrogen-bond donors (Lipinski definition) is 1. The zero-order chi connectivity index (χ0) is 22.9. The first kappa shape index (κ1) is 20.0. The monoisotopic (exact) mass is 451 g/mol. The van der Waals surface area contributed by atoms with Gasteiger partial charge >= 0.3 is 6.18 Å². The lowest BCUT2D eigenvalue weighted by Gasteiger charge is -2.48. The second kappa shape index (κ2) is 6.94. The van der Waals surface area contributed by atoms with E-state index in [4.69, 9.17) is 0 Å². The quantitative estimate of drug-likeness (QED) is 0.434. The fraction of sp³-hybridized carbons (Fsp3) is 0.292. The molecule has 6 nitrogen and oxygen atoms in total. The van der Waals surface area contributed by atoms with Gasteiger partial charge in [-0.05, 0) is 67.1 Å². The van der Waals surface area contributed by atoms with Crippen LogP contribution in [-0.4, -0.2) is 25.4 Å². The minimum absolute atomic E-state index is 0.0745. The molecular weight excluding hydrogens is 431 g/mol. The average Bonchev–Trinajstić information content (AvgIpc) is 3.25. The standard InChI is InChI=1S/C24H20F3N5O/c1-13-8-15(31-10-20(30-12-31)24(25,26)27)4-6-17(13)22-21(14-2-3-14)23(33)32(22)16-5-7-18-19(9-16)29-11-28-18/h4-12,14,21-22H,2-3H2,1H3,(H,28,29)/t21-,22+/m0/s1. The number of halogens is 3. The van der Waals surface area contributed by atoms with Gasteiger partial charge in [0, 0.05) is 17.6 Å². The van der Waals surface area contributed by atoms with Crippen LogP contribution in [0.25, 0.3) is 16.7 Å². The Bertz CT molecular complexity index is 1380. The van der Waals surface area contributed by atoms with Crippen LogP contribution in [0, 0.1) is 18.8 Å². The van der Waals surface area contributed by atoms with E-state index < -0.39 is 11.9 Å². The van der Waals surface area contributed by atoms with Crippen LogP contribution in [-0.2, 0) is 11.0 Å². The van der Waals surface area contributed by atoms with E-state index in [1.165, 1.54) is 10.9 Å². The van der Waals surface area contributed by atoms with Gasteiger partial charge in [0.1, 0.15) is 0 Å². The third kappa shape index (κ3) is 3.21. The number of rotatable bonds is 4. The molecule has 1 saturated carbocycles. The minimum Gasteiger partial charge on any atom is -0.345 e. The highest BCUT2D eigenvalue weighted by Crippen LogP contribution is 2.54. The van der Waals surface area contributed by atoms with Crippen molar-refractivity contribution in [2.45, 2.75) is 32.0 Å². The fourth-order valence-corrected chi connectivity index (χ4v) is 4.88. The molecule has 168 valence electrons. The van der Waals surface area contributed by atoms with Gasteiger partial charge in [0.25, 0.3) is 0 Å². The lowest BCUT2D eigenvalue weighted by atomic mass is 9.77. The average molecular weight is 451 g/mol. The number of anilines is 1. The van der Waals surface area contributed by atoms with Crippen LogP contribution in [0.5, 0.6) is 0 Å². The number of nitrogens with one attached hydrogen (secondary N) is 1. The van der Waals surface area contributed by atoms with Gasteiger partial charge in [-0.2, -0.15) is 13.2 Å². The molecular formula is C24H20F3N5O. The summed E-state index contributed by atoms with van der Waals surface area (Å²) in [6.45, 7) is 1.93. The molecule has 2 aromatic carbocycles. The highest BCUT2D eigenvalue weighted by molar-refractivity contribution is 6.04. The number of nitrogens with zero attached hydrogens (tertiary/aromatic N) is 4. The normalized spacial score (nSPS) is 21.0. The van der Waals surface area contributed by atoms with E-state index in [1.807, 2.05) is 42.2 Å². The molecule has 2 fully saturated rings. The number of fused-ring (bicyclic) bond motifs is 1. The van der Waals surface area contributed by atoms with Crippen molar-refractivity contribution in [2.24, 2.45) is 11.8 Å². The molecule has 0 unspecified atom stereocenters. The molecule has 6 rings (SSSR count). The lowest BCUT2D eigenvalue weighted by Crippen LogP contribution is -2.56. The van der Waals surface area contributed by atoms with E-state index in [-0.39, 0.29) is 17.9 Å². The molecule has 0 bridgehead atoms. The third-order valence-corrected chi connectivity index (χ3v) is 6.70. The van der Waals surface area contributed by atoms with Crippen molar-refractivity contribution in [3.05, 3.63) is 72.1 Å². The molecule has 0 radical (unpaired) electrons. The van der Waals surface area contributed by atoms with E-state index in [1.54, 1.807) is 12.4 Å². The Morgan fingerprint density at radius 2 is 1.85 bits per heavy atom. The molecule has 33 heavy (non-hydrogen) atoms. The molecule has 2 aliphatic rings. The Hall–Kier alpha value is -3.62. The van der Waals surface area contributed by atoms with E-state index in [2.05, 4.69) is 15.0 Å². The number of aromatic nitrogens is 4. The molecule has 9 heteroatoms. The van der Waals surface area contributed by atoms with Gasteiger partial charge in [-0.25, -0.2) is 9.97 Å². The topological polar surface area (TPSA) is 66.8 Å². The number of alkyl halides is 3. The highest BCUT2D eigenvalue weighted by Gasteiger charge is 2.55. The van der Waals surface area contributed by atoms with Crippen molar-refractivity contribution < 1.29 is 18.0 Å². The van der Waals surface area contributed by atoms with Gasteiger partial charge in [-0.15, -0.1) is 0 Å². The summed E-state index contributed by atoms with van der Waals surface area (Å²) in [6.07, 6.45) is 1.39. The SMILES string of the molecule is Cc1cc(-n2cnc(C(F)(F)F)c2)ccc1[C@@H]1[C@H](C2CC2)C(=O)N1c1ccc2[nH]cnc2c1. The molecule has 3 heterocycles. The number of aryl methyl sites for hydroxylation is 1. The van der Waals surface area contributed by atoms with Crippen LogP contribution in [0.4, 0.5) is 18.9 Å². The number of H-pyrrole nitrogens is 1. The van der Waals surface area contributed by atoms with Gasteiger partial charge in [-0.3, -0.25) is 4.79 Å². The lowest BCUT2D eigenvalue weighted by molar-refractivity contribution is -0.141. The summed E-state index contributed by atoms with van der Waals surface area (Å²) in [5, 5.41) is 0. The number of β-lactam (4-membered cyclic amide) rings is 1. The van der Waals surface area contributed by atoms with Gasteiger partial charge in [-0.1, -0.05) is 6.07 Å². The highest BCUT2D eigenvalue weighted by atomic mass is 19.4. The molecule has 1 amide bonds. The van der Waals surface area contributed by atoms with Gasteiger partial charge < -0.3 is 14.5 Å². The van der Waals surface area contributed by atoms with E-state index in [0.29, 0.717) is 11.6 Å². The van der Waals surface area contributed by atoms with E-state index in [9.17, 15) is 18.0 Å². The predicted octanol–water partition coefficient (Wildman–Crippen LogP) is 5.19. The fourth-order valence-electron chi connectivity index (χ4n) is 4.88. The maximum atomic E-state index is 13.2. The van der Waals surface area contributed by atoms with Crippen LogP contribution in [0.1, 0.15) is 35.7 Å². The summed E-state index contributed by atoms with van der Waals surface area (Å²) in [4.78, 5) is 25.9.